The second-order valence-electron chi connectivity index (χ2n) is 8.18. The molecule has 1 saturated heterocycles. The van der Waals surface area contributed by atoms with Crippen LogP contribution in [0.1, 0.15) is 65.4 Å². The number of hydrogen-bond donors (Lipinski definition) is 1. The van der Waals surface area contributed by atoms with Crippen LogP contribution in [0.5, 0.6) is 0 Å². The Hall–Kier alpha value is -2.32. The van der Waals surface area contributed by atoms with Crippen molar-refractivity contribution in [3.63, 3.8) is 0 Å². The molecule has 0 spiro atoms. The number of amides is 2. The van der Waals surface area contributed by atoms with Crippen LogP contribution in [-0.4, -0.2) is 45.7 Å². The number of aromatic nitrogens is 2. The third-order valence-electron chi connectivity index (χ3n) is 6.45. The van der Waals surface area contributed by atoms with Gasteiger partial charge in [0, 0.05) is 31.2 Å². The Labute approximate surface area is 173 Å². The first-order valence-corrected chi connectivity index (χ1v) is 11.1. The molecule has 3 aliphatic rings. The summed E-state index contributed by atoms with van der Waals surface area (Å²) < 4.78 is 5.56. The molecule has 0 unspecified atom stereocenters. The summed E-state index contributed by atoms with van der Waals surface area (Å²) in [6, 6.07) is 7.70. The molecule has 5 rings (SSSR count). The van der Waals surface area contributed by atoms with E-state index in [0.717, 1.165) is 29.0 Å². The van der Waals surface area contributed by atoms with Crippen molar-refractivity contribution in [2.75, 3.05) is 18.5 Å². The second-order valence-corrected chi connectivity index (χ2v) is 9.19. The van der Waals surface area contributed by atoms with E-state index in [1.807, 2.05) is 29.2 Å². The maximum absolute atomic E-state index is 13.1. The van der Waals surface area contributed by atoms with E-state index < -0.39 is 5.54 Å². The Kier molecular flexibility index (Phi) is 4.83. The fraction of sp³-hybridized carbons (Fsp3) is 0.524. The second kappa shape index (κ2) is 7.50. The largest absolute Gasteiger partial charge is 0.381 e. The number of carbonyl (C=O) groups excluding carboxylic acids is 2. The molecule has 1 saturated carbocycles. The minimum absolute atomic E-state index is 0.0125. The first kappa shape index (κ1) is 18.7. The molecule has 1 aliphatic carbocycles. The zero-order valence-corrected chi connectivity index (χ0v) is 17.0. The van der Waals surface area contributed by atoms with E-state index in [2.05, 4.69) is 15.5 Å². The quantitative estimate of drug-likeness (QED) is 0.814. The summed E-state index contributed by atoms with van der Waals surface area (Å²) in [6.07, 6.45) is 5.11. The van der Waals surface area contributed by atoms with Gasteiger partial charge in [-0.2, -0.15) is 0 Å². The third kappa shape index (κ3) is 3.44. The Morgan fingerprint density at radius 2 is 2.03 bits per heavy atom. The molecule has 0 radical (unpaired) electrons. The van der Waals surface area contributed by atoms with Crippen LogP contribution in [0, 0.1) is 0 Å². The van der Waals surface area contributed by atoms with Crippen LogP contribution in [0.25, 0.3) is 0 Å². The Balaban J connectivity index is 1.32. The van der Waals surface area contributed by atoms with Crippen LogP contribution in [0.4, 0.5) is 5.13 Å². The number of nitrogens with one attached hydrogen (secondary N) is 1. The average Bonchev–Trinajstić information content (AvgIpc) is 3.26. The van der Waals surface area contributed by atoms with Crippen LogP contribution >= 0.6 is 11.3 Å². The van der Waals surface area contributed by atoms with Crippen molar-refractivity contribution < 1.29 is 14.3 Å². The van der Waals surface area contributed by atoms with Gasteiger partial charge < -0.3 is 15.0 Å². The standard InChI is InChI=1S/C21H24N4O3S/c26-17(22-20-24-23-18(29-20)14-5-3-6-14)12-21(8-10-28-11-9-21)25-13-15-4-1-2-7-16(15)19(25)27/h1-2,4,7,14H,3,5-6,8-13H2,(H,22,24,26). The highest BCUT2D eigenvalue weighted by molar-refractivity contribution is 7.15. The van der Waals surface area contributed by atoms with Gasteiger partial charge in [-0.05, 0) is 37.3 Å². The van der Waals surface area contributed by atoms with E-state index in [1.165, 1.54) is 17.8 Å². The lowest BCUT2D eigenvalue weighted by Crippen LogP contribution is -2.54. The van der Waals surface area contributed by atoms with Gasteiger partial charge in [-0.25, -0.2) is 0 Å². The molecule has 8 heteroatoms. The molecule has 0 bridgehead atoms. The highest BCUT2D eigenvalue weighted by atomic mass is 32.1. The molecule has 29 heavy (non-hydrogen) atoms. The van der Waals surface area contributed by atoms with Gasteiger partial charge in [0.25, 0.3) is 5.91 Å². The molecule has 1 aromatic carbocycles. The number of nitrogens with zero attached hydrogens (tertiary/aromatic N) is 3. The first-order chi connectivity index (χ1) is 14.1. The van der Waals surface area contributed by atoms with Crippen LogP contribution in [0.2, 0.25) is 0 Å². The average molecular weight is 413 g/mol. The Bertz CT molecular complexity index is 934. The van der Waals surface area contributed by atoms with E-state index in [0.29, 0.717) is 43.6 Å². The van der Waals surface area contributed by atoms with Gasteiger partial charge in [-0.3, -0.25) is 9.59 Å². The topological polar surface area (TPSA) is 84.4 Å². The molecule has 3 heterocycles. The van der Waals surface area contributed by atoms with Crippen LogP contribution in [0.3, 0.4) is 0 Å². The summed E-state index contributed by atoms with van der Waals surface area (Å²) in [4.78, 5) is 27.9. The Morgan fingerprint density at radius 3 is 2.76 bits per heavy atom. The normalized spacial score (nSPS) is 21.0. The van der Waals surface area contributed by atoms with E-state index >= 15 is 0 Å². The summed E-state index contributed by atoms with van der Waals surface area (Å²) in [6.45, 7) is 1.66. The van der Waals surface area contributed by atoms with E-state index in [4.69, 9.17) is 4.74 Å². The SMILES string of the molecule is O=C(CC1(N2Cc3ccccc3C2=O)CCOCC1)Nc1nnc(C2CCC2)s1. The molecule has 2 aromatic rings. The van der Waals surface area contributed by atoms with Crippen molar-refractivity contribution in [1.29, 1.82) is 0 Å². The van der Waals surface area contributed by atoms with Crippen molar-refractivity contribution in [3.8, 4) is 0 Å². The molecule has 7 nitrogen and oxygen atoms in total. The fourth-order valence-electron chi connectivity index (χ4n) is 4.50. The summed E-state index contributed by atoms with van der Waals surface area (Å²) >= 11 is 1.47. The molecule has 2 amide bonds. The van der Waals surface area contributed by atoms with Gasteiger partial charge >= 0.3 is 0 Å². The predicted molar refractivity (Wildman–Crippen MR) is 109 cm³/mol. The molecule has 2 fully saturated rings. The number of rotatable bonds is 5. The number of benzene rings is 1. The van der Waals surface area contributed by atoms with Crippen molar-refractivity contribution in [1.82, 2.24) is 15.1 Å². The van der Waals surface area contributed by atoms with E-state index in [1.54, 1.807) is 0 Å². The van der Waals surface area contributed by atoms with Crippen molar-refractivity contribution in [3.05, 3.63) is 40.4 Å². The summed E-state index contributed by atoms with van der Waals surface area (Å²) in [5, 5.41) is 12.9. The van der Waals surface area contributed by atoms with Gasteiger partial charge in [-0.1, -0.05) is 36.0 Å². The number of fused-ring (bicyclic) bond motifs is 1. The fourth-order valence-corrected chi connectivity index (χ4v) is 5.43. The van der Waals surface area contributed by atoms with Gasteiger partial charge in [0.2, 0.25) is 11.0 Å². The minimum atomic E-state index is -0.528. The lowest BCUT2D eigenvalue weighted by Gasteiger charge is -2.44. The van der Waals surface area contributed by atoms with Gasteiger partial charge in [-0.15, -0.1) is 10.2 Å². The molecule has 1 N–H and O–H groups in total. The lowest BCUT2D eigenvalue weighted by atomic mass is 9.84. The minimum Gasteiger partial charge on any atom is -0.381 e. The predicted octanol–water partition coefficient (Wildman–Crippen LogP) is 3.34. The van der Waals surface area contributed by atoms with Gasteiger partial charge in [0.05, 0.1) is 12.0 Å². The van der Waals surface area contributed by atoms with Crippen LogP contribution < -0.4 is 5.32 Å². The molecular formula is C21H24N4O3S. The monoisotopic (exact) mass is 412 g/mol. The number of ether oxygens (including phenoxy) is 1. The summed E-state index contributed by atoms with van der Waals surface area (Å²) in [5.74, 6) is 0.395. The third-order valence-corrected chi connectivity index (χ3v) is 7.45. The molecule has 152 valence electrons. The maximum atomic E-state index is 13.1. The summed E-state index contributed by atoms with van der Waals surface area (Å²) in [5.41, 5.74) is 1.24. The summed E-state index contributed by atoms with van der Waals surface area (Å²) in [7, 11) is 0. The number of carbonyl (C=O) groups is 2. The lowest BCUT2D eigenvalue weighted by molar-refractivity contribution is -0.120. The van der Waals surface area contributed by atoms with E-state index in [9.17, 15) is 9.59 Å². The van der Waals surface area contributed by atoms with Crippen molar-refractivity contribution in [2.24, 2.45) is 0 Å². The Morgan fingerprint density at radius 1 is 1.24 bits per heavy atom. The maximum Gasteiger partial charge on any atom is 0.254 e. The van der Waals surface area contributed by atoms with Crippen LogP contribution in [0.15, 0.2) is 24.3 Å². The smallest absolute Gasteiger partial charge is 0.254 e. The van der Waals surface area contributed by atoms with Gasteiger partial charge in [0.15, 0.2) is 0 Å². The molecule has 0 atom stereocenters. The highest BCUT2D eigenvalue weighted by Crippen LogP contribution is 2.40. The first-order valence-electron chi connectivity index (χ1n) is 10.3. The highest BCUT2D eigenvalue weighted by Gasteiger charge is 2.46. The number of anilines is 1. The zero-order chi connectivity index (χ0) is 19.8. The van der Waals surface area contributed by atoms with Crippen molar-refractivity contribution in [2.45, 2.75) is 56.5 Å². The van der Waals surface area contributed by atoms with E-state index in [-0.39, 0.29) is 18.2 Å². The number of hydrogen-bond acceptors (Lipinski definition) is 6. The molecule has 2 aliphatic heterocycles. The van der Waals surface area contributed by atoms with Crippen molar-refractivity contribution >= 4 is 28.3 Å². The van der Waals surface area contributed by atoms with Gasteiger partial charge in [0.1, 0.15) is 5.01 Å². The molecule has 1 aromatic heterocycles. The zero-order valence-electron chi connectivity index (χ0n) is 16.2. The molecular weight excluding hydrogens is 388 g/mol. The van der Waals surface area contributed by atoms with Crippen LogP contribution in [-0.2, 0) is 16.1 Å².